The Hall–Kier alpha value is -1.38. The van der Waals surface area contributed by atoms with Crippen molar-refractivity contribution in [3.63, 3.8) is 0 Å². The Morgan fingerprint density at radius 3 is 2.80 bits per heavy atom. The quantitative estimate of drug-likeness (QED) is 0.788. The van der Waals surface area contributed by atoms with Crippen molar-refractivity contribution in [1.29, 1.82) is 5.26 Å². The van der Waals surface area contributed by atoms with E-state index in [2.05, 4.69) is 42.2 Å². The molecule has 1 heterocycles. The zero-order valence-corrected chi connectivity index (χ0v) is 13.3. The smallest absolute Gasteiger partial charge is 0.122 e. The molecule has 0 aliphatic rings. The van der Waals surface area contributed by atoms with Crippen LogP contribution in [0, 0.1) is 11.3 Å². The number of nitriles is 1. The predicted octanol–water partition coefficient (Wildman–Crippen LogP) is 1.91. The number of hydrogen-bond acceptors (Lipinski definition) is 4. The molecule has 0 saturated carbocycles. The van der Waals surface area contributed by atoms with Gasteiger partial charge in [0.15, 0.2) is 0 Å². The van der Waals surface area contributed by atoms with Gasteiger partial charge in [-0.15, -0.1) is 0 Å². The number of nitrogens with one attached hydrogen (secondary N) is 1. The van der Waals surface area contributed by atoms with Crippen molar-refractivity contribution in [2.75, 3.05) is 13.6 Å². The molecule has 0 aliphatic heterocycles. The standard InChI is InChI=1S/C15H27N5/c1-6-7-18-15(3,12-16)10-13(2)20(5)11-14-17-8-9-19(14)4/h8-9,13,18H,6-7,10-11H2,1-5H3. The van der Waals surface area contributed by atoms with Crippen LogP contribution in [0.3, 0.4) is 0 Å². The fourth-order valence-corrected chi connectivity index (χ4v) is 2.23. The van der Waals surface area contributed by atoms with Crippen LogP contribution in [-0.2, 0) is 13.6 Å². The van der Waals surface area contributed by atoms with E-state index in [0.29, 0.717) is 6.04 Å². The summed E-state index contributed by atoms with van der Waals surface area (Å²) in [7, 11) is 4.08. The molecule has 0 fully saturated rings. The molecule has 0 aliphatic carbocycles. The fraction of sp³-hybridized carbons (Fsp3) is 0.733. The van der Waals surface area contributed by atoms with Crippen LogP contribution in [-0.4, -0.2) is 39.6 Å². The van der Waals surface area contributed by atoms with E-state index in [1.807, 2.05) is 30.9 Å². The molecule has 0 spiro atoms. The minimum absolute atomic E-state index is 0.306. The van der Waals surface area contributed by atoms with E-state index in [1.54, 1.807) is 0 Å². The molecule has 0 bridgehead atoms. The number of hydrogen-bond donors (Lipinski definition) is 1. The fourth-order valence-electron chi connectivity index (χ4n) is 2.23. The molecular weight excluding hydrogens is 250 g/mol. The highest BCUT2D eigenvalue weighted by Gasteiger charge is 2.27. The van der Waals surface area contributed by atoms with E-state index in [9.17, 15) is 5.26 Å². The summed E-state index contributed by atoms with van der Waals surface area (Å²) >= 11 is 0. The van der Waals surface area contributed by atoms with E-state index >= 15 is 0 Å². The first-order valence-electron chi connectivity index (χ1n) is 7.24. The molecule has 1 aromatic heterocycles. The highest BCUT2D eigenvalue weighted by molar-refractivity contribution is 5.05. The highest BCUT2D eigenvalue weighted by Crippen LogP contribution is 2.16. The average molecular weight is 277 g/mol. The van der Waals surface area contributed by atoms with Crippen molar-refractivity contribution in [1.82, 2.24) is 19.8 Å². The average Bonchev–Trinajstić information content (AvgIpc) is 2.82. The number of rotatable bonds is 8. The van der Waals surface area contributed by atoms with Gasteiger partial charge in [0.1, 0.15) is 11.4 Å². The summed E-state index contributed by atoms with van der Waals surface area (Å²) < 4.78 is 2.03. The third kappa shape index (κ3) is 4.62. The van der Waals surface area contributed by atoms with E-state index in [4.69, 9.17) is 0 Å². The molecule has 2 atom stereocenters. The van der Waals surface area contributed by atoms with E-state index in [1.165, 1.54) is 0 Å². The molecule has 1 rings (SSSR count). The molecule has 0 amide bonds. The Bertz CT molecular complexity index is 447. The Labute approximate surface area is 122 Å². The second-order valence-corrected chi connectivity index (χ2v) is 5.79. The molecule has 0 radical (unpaired) electrons. The zero-order valence-electron chi connectivity index (χ0n) is 13.3. The van der Waals surface area contributed by atoms with Crippen LogP contribution in [0.2, 0.25) is 0 Å². The van der Waals surface area contributed by atoms with Crippen molar-refractivity contribution in [2.45, 2.75) is 51.7 Å². The molecule has 0 aromatic carbocycles. The van der Waals surface area contributed by atoms with E-state index in [-0.39, 0.29) is 0 Å². The number of imidazole rings is 1. The summed E-state index contributed by atoms with van der Waals surface area (Å²) in [5, 5.41) is 12.7. The van der Waals surface area contributed by atoms with Gasteiger partial charge in [-0.05, 0) is 40.3 Å². The van der Waals surface area contributed by atoms with E-state index < -0.39 is 5.54 Å². The molecule has 20 heavy (non-hydrogen) atoms. The third-order valence-electron chi connectivity index (χ3n) is 3.78. The van der Waals surface area contributed by atoms with Crippen LogP contribution in [0.1, 0.15) is 39.4 Å². The molecule has 2 unspecified atom stereocenters. The van der Waals surface area contributed by atoms with Crippen LogP contribution < -0.4 is 5.32 Å². The number of aryl methyl sites for hydroxylation is 1. The van der Waals surface area contributed by atoms with Gasteiger partial charge in [-0.25, -0.2) is 4.98 Å². The lowest BCUT2D eigenvalue weighted by molar-refractivity contribution is 0.200. The van der Waals surface area contributed by atoms with Gasteiger partial charge in [-0.1, -0.05) is 6.92 Å². The minimum Gasteiger partial charge on any atom is -0.337 e. The summed E-state index contributed by atoms with van der Waals surface area (Å²) in [5.74, 6) is 1.04. The lowest BCUT2D eigenvalue weighted by atomic mass is 9.94. The molecular formula is C15H27N5. The second kappa shape index (κ2) is 7.41. The molecule has 1 N–H and O–H groups in total. The van der Waals surface area contributed by atoms with Gasteiger partial charge in [0, 0.05) is 25.5 Å². The SMILES string of the molecule is CCCNC(C)(C#N)CC(C)N(C)Cc1nccn1C. The molecule has 5 heteroatoms. The molecule has 5 nitrogen and oxygen atoms in total. The molecule has 0 saturated heterocycles. The summed E-state index contributed by atoms with van der Waals surface area (Å²) in [6, 6.07) is 2.72. The zero-order chi connectivity index (χ0) is 15.2. The number of nitrogens with zero attached hydrogens (tertiary/aromatic N) is 4. The normalized spacial score (nSPS) is 15.8. The maximum Gasteiger partial charge on any atom is 0.122 e. The predicted molar refractivity (Wildman–Crippen MR) is 81.1 cm³/mol. The lowest BCUT2D eigenvalue weighted by Gasteiger charge is -2.31. The Morgan fingerprint density at radius 1 is 1.60 bits per heavy atom. The van der Waals surface area contributed by atoms with Crippen LogP contribution in [0.5, 0.6) is 0 Å². The largest absolute Gasteiger partial charge is 0.337 e. The van der Waals surface area contributed by atoms with Gasteiger partial charge < -0.3 is 4.57 Å². The van der Waals surface area contributed by atoms with Crippen molar-refractivity contribution < 1.29 is 0 Å². The first kappa shape index (κ1) is 16.7. The maximum atomic E-state index is 9.40. The first-order valence-corrected chi connectivity index (χ1v) is 7.24. The van der Waals surface area contributed by atoms with Gasteiger partial charge in [0.25, 0.3) is 0 Å². The Kier molecular flexibility index (Phi) is 6.18. The Morgan fingerprint density at radius 2 is 2.30 bits per heavy atom. The van der Waals surface area contributed by atoms with Crippen molar-refractivity contribution in [3.8, 4) is 6.07 Å². The Balaban J connectivity index is 2.58. The molecule has 112 valence electrons. The van der Waals surface area contributed by atoms with E-state index in [0.717, 1.165) is 31.8 Å². The van der Waals surface area contributed by atoms with Gasteiger partial charge in [0.2, 0.25) is 0 Å². The monoisotopic (exact) mass is 277 g/mol. The van der Waals surface area contributed by atoms with Gasteiger partial charge in [0.05, 0.1) is 12.6 Å². The van der Waals surface area contributed by atoms with Gasteiger partial charge >= 0.3 is 0 Å². The van der Waals surface area contributed by atoms with Crippen LogP contribution in [0.25, 0.3) is 0 Å². The maximum absolute atomic E-state index is 9.40. The van der Waals surface area contributed by atoms with Gasteiger partial charge in [-0.2, -0.15) is 5.26 Å². The van der Waals surface area contributed by atoms with Crippen molar-refractivity contribution in [2.24, 2.45) is 7.05 Å². The summed E-state index contributed by atoms with van der Waals surface area (Å²) in [5.41, 5.74) is -0.467. The highest BCUT2D eigenvalue weighted by atomic mass is 15.2. The van der Waals surface area contributed by atoms with Gasteiger partial charge in [-0.3, -0.25) is 10.2 Å². The third-order valence-corrected chi connectivity index (χ3v) is 3.78. The lowest BCUT2D eigenvalue weighted by Crippen LogP contribution is -2.46. The summed E-state index contributed by atoms with van der Waals surface area (Å²) in [6.07, 6.45) is 5.60. The van der Waals surface area contributed by atoms with Crippen LogP contribution in [0.15, 0.2) is 12.4 Å². The first-order chi connectivity index (χ1) is 9.41. The second-order valence-electron chi connectivity index (χ2n) is 5.79. The van der Waals surface area contributed by atoms with Crippen LogP contribution in [0.4, 0.5) is 0 Å². The van der Waals surface area contributed by atoms with Crippen molar-refractivity contribution >= 4 is 0 Å². The topological polar surface area (TPSA) is 56.9 Å². The minimum atomic E-state index is -0.467. The van der Waals surface area contributed by atoms with Crippen LogP contribution >= 0.6 is 0 Å². The molecule has 1 aromatic rings. The summed E-state index contributed by atoms with van der Waals surface area (Å²) in [6.45, 7) is 7.92. The summed E-state index contributed by atoms with van der Waals surface area (Å²) in [4.78, 5) is 6.59. The van der Waals surface area contributed by atoms with Crippen molar-refractivity contribution in [3.05, 3.63) is 18.2 Å². The number of aromatic nitrogens is 2.